The summed E-state index contributed by atoms with van der Waals surface area (Å²) in [6.07, 6.45) is 3.99. The zero-order valence-corrected chi connectivity index (χ0v) is 20.8. The number of carbonyl (C=O) groups is 1. The highest BCUT2D eigenvalue weighted by Crippen LogP contribution is 2.26. The van der Waals surface area contributed by atoms with Crippen LogP contribution in [0.25, 0.3) is 0 Å². The average molecular weight is 497 g/mol. The number of amides is 1. The first-order chi connectivity index (χ1) is 15.0. The summed E-state index contributed by atoms with van der Waals surface area (Å²) in [6, 6.07) is 13.0. The Morgan fingerprint density at radius 1 is 0.969 bits per heavy atom. The topological polar surface area (TPSA) is 101 Å². The molecule has 0 aromatic heterocycles. The molecule has 3 rings (SSSR count). The summed E-state index contributed by atoms with van der Waals surface area (Å²) >= 11 is 1.55. The third kappa shape index (κ3) is 5.72. The minimum absolute atomic E-state index is 0.119. The summed E-state index contributed by atoms with van der Waals surface area (Å²) < 4.78 is 50.4. The van der Waals surface area contributed by atoms with Crippen LogP contribution >= 0.6 is 11.8 Å². The van der Waals surface area contributed by atoms with Crippen LogP contribution < -0.4 is 5.32 Å². The molecule has 1 fully saturated rings. The van der Waals surface area contributed by atoms with E-state index in [1.54, 1.807) is 48.2 Å². The Morgan fingerprint density at radius 3 is 2.00 bits per heavy atom. The van der Waals surface area contributed by atoms with Gasteiger partial charge in [0, 0.05) is 30.2 Å². The highest BCUT2D eigenvalue weighted by molar-refractivity contribution is 7.98. The van der Waals surface area contributed by atoms with Crippen LogP contribution in [0.15, 0.2) is 63.2 Å². The van der Waals surface area contributed by atoms with Gasteiger partial charge in [-0.2, -0.15) is 4.31 Å². The minimum atomic E-state index is -3.58. The lowest BCUT2D eigenvalue weighted by atomic mass is 9.96. The molecule has 0 saturated carbocycles. The molecule has 2 aromatic rings. The summed E-state index contributed by atoms with van der Waals surface area (Å²) in [5.74, 6) is -0.385. The van der Waals surface area contributed by atoms with E-state index in [1.165, 1.54) is 16.4 Å². The number of piperidine rings is 1. The lowest BCUT2D eigenvalue weighted by Gasteiger charge is -2.31. The Labute approximate surface area is 194 Å². The molecule has 174 valence electrons. The Hall–Kier alpha value is -1.88. The van der Waals surface area contributed by atoms with Gasteiger partial charge in [-0.05, 0) is 68.0 Å². The number of hydrogen-bond acceptors (Lipinski definition) is 6. The van der Waals surface area contributed by atoms with Crippen LogP contribution in [0.1, 0.15) is 31.4 Å². The highest BCUT2D eigenvalue weighted by Gasteiger charge is 2.32. The van der Waals surface area contributed by atoms with Gasteiger partial charge < -0.3 is 5.32 Å². The van der Waals surface area contributed by atoms with Gasteiger partial charge in [0.1, 0.15) is 0 Å². The zero-order chi connectivity index (χ0) is 23.5. The van der Waals surface area contributed by atoms with Crippen molar-refractivity contribution in [3.05, 3.63) is 54.1 Å². The fraction of sp³-hybridized carbons (Fsp3) is 0.409. The van der Waals surface area contributed by atoms with Gasteiger partial charge in [0.25, 0.3) is 0 Å². The SMILES string of the molecule is CSc1ccc(S(=O)(=O)N2CCC(C(=O)N[C@@H](C)c3ccc(S(C)(=O)=O)cc3)CC2)cc1. The second-order valence-corrected chi connectivity index (χ2v) is 12.8. The largest absolute Gasteiger partial charge is 0.349 e. The number of benzene rings is 2. The second kappa shape index (κ2) is 9.94. The molecule has 1 N–H and O–H groups in total. The maximum atomic E-state index is 12.9. The van der Waals surface area contributed by atoms with Crippen LogP contribution in [0.4, 0.5) is 0 Å². The smallest absolute Gasteiger partial charge is 0.243 e. The molecule has 7 nitrogen and oxygen atoms in total. The lowest BCUT2D eigenvalue weighted by Crippen LogP contribution is -2.43. The molecule has 0 bridgehead atoms. The van der Waals surface area contributed by atoms with Crippen molar-refractivity contribution in [2.24, 2.45) is 5.92 Å². The van der Waals surface area contributed by atoms with E-state index in [4.69, 9.17) is 0 Å². The van der Waals surface area contributed by atoms with E-state index in [2.05, 4.69) is 5.32 Å². The minimum Gasteiger partial charge on any atom is -0.349 e. The van der Waals surface area contributed by atoms with Crippen LogP contribution in [-0.2, 0) is 24.7 Å². The third-order valence-corrected chi connectivity index (χ3v) is 9.47. The number of sulfone groups is 1. The number of nitrogens with one attached hydrogen (secondary N) is 1. The van der Waals surface area contributed by atoms with Crippen molar-refractivity contribution in [3.63, 3.8) is 0 Å². The Kier molecular flexibility index (Phi) is 7.69. The van der Waals surface area contributed by atoms with Gasteiger partial charge in [-0.1, -0.05) is 12.1 Å². The van der Waals surface area contributed by atoms with Crippen molar-refractivity contribution < 1.29 is 21.6 Å². The number of hydrogen-bond donors (Lipinski definition) is 1. The standard InChI is InChI=1S/C22H28N2O5S3/c1-16(17-4-8-20(9-5-17)31(3,26)27)23-22(25)18-12-14-24(15-13-18)32(28,29)21-10-6-19(30-2)7-11-21/h4-11,16,18H,12-15H2,1-3H3,(H,23,25)/t16-/m0/s1. The molecular formula is C22H28N2O5S3. The first-order valence-electron chi connectivity index (χ1n) is 10.3. The molecule has 10 heteroatoms. The van der Waals surface area contributed by atoms with Crippen molar-refractivity contribution >= 4 is 37.5 Å². The number of nitrogens with zero attached hydrogens (tertiary/aromatic N) is 1. The van der Waals surface area contributed by atoms with Crippen molar-refractivity contribution in [1.29, 1.82) is 0 Å². The molecular weight excluding hydrogens is 468 g/mol. The van der Waals surface area contributed by atoms with E-state index in [0.29, 0.717) is 25.9 Å². The molecule has 0 spiro atoms. The molecule has 1 atom stereocenters. The number of sulfonamides is 1. The number of thioether (sulfide) groups is 1. The fourth-order valence-electron chi connectivity index (χ4n) is 3.67. The predicted octanol–water partition coefficient (Wildman–Crippen LogP) is 3.09. The summed E-state index contributed by atoms with van der Waals surface area (Å²) in [6.45, 7) is 2.43. The van der Waals surface area contributed by atoms with E-state index in [0.717, 1.165) is 16.7 Å². The van der Waals surface area contributed by atoms with Crippen molar-refractivity contribution in [3.8, 4) is 0 Å². The van der Waals surface area contributed by atoms with Crippen LogP contribution in [0.5, 0.6) is 0 Å². The van der Waals surface area contributed by atoms with Crippen LogP contribution in [-0.4, -0.2) is 52.6 Å². The quantitative estimate of drug-likeness (QED) is 0.591. The summed E-state index contributed by atoms with van der Waals surface area (Å²) in [7, 11) is -6.84. The maximum absolute atomic E-state index is 12.9. The molecule has 1 amide bonds. The van der Waals surface area contributed by atoms with E-state index >= 15 is 0 Å². The fourth-order valence-corrected chi connectivity index (χ4v) is 6.18. The summed E-state index contributed by atoms with van der Waals surface area (Å²) in [5.41, 5.74) is 0.805. The van der Waals surface area contributed by atoms with Crippen LogP contribution in [0.2, 0.25) is 0 Å². The van der Waals surface area contributed by atoms with Gasteiger partial charge in [0.05, 0.1) is 15.8 Å². The summed E-state index contributed by atoms with van der Waals surface area (Å²) in [5, 5.41) is 2.96. The Morgan fingerprint density at radius 2 is 1.50 bits per heavy atom. The lowest BCUT2D eigenvalue weighted by molar-refractivity contribution is -0.126. The highest BCUT2D eigenvalue weighted by atomic mass is 32.2. The predicted molar refractivity (Wildman–Crippen MR) is 126 cm³/mol. The molecule has 0 aliphatic carbocycles. The van der Waals surface area contributed by atoms with E-state index in [9.17, 15) is 21.6 Å². The van der Waals surface area contributed by atoms with Crippen molar-refractivity contribution in [2.45, 2.75) is 40.5 Å². The molecule has 0 radical (unpaired) electrons. The van der Waals surface area contributed by atoms with Gasteiger partial charge >= 0.3 is 0 Å². The van der Waals surface area contributed by atoms with E-state index in [-0.39, 0.29) is 27.7 Å². The Bertz CT molecular complexity index is 1150. The normalized spacial score (nSPS) is 17.1. The Balaban J connectivity index is 1.57. The monoisotopic (exact) mass is 496 g/mol. The average Bonchev–Trinajstić information content (AvgIpc) is 2.78. The molecule has 32 heavy (non-hydrogen) atoms. The maximum Gasteiger partial charge on any atom is 0.243 e. The number of carbonyl (C=O) groups excluding carboxylic acids is 1. The first kappa shape index (κ1) is 24.8. The van der Waals surface area contributed by atoms with Gasteiger partial charge in [-0.15, -0.1) is 11.8 Å². The van der Waals surface area contributed by atoms with Crippen molar-refractivity contribution in [1.82, 2.24) is 9.62 Å². The van der Waals surface area contributed by atoms with Gasteiger partial charge in [0.2, 0.25) is 15.9 Å². The first-order valence-corrected chi connectivity index (χ1v) is 14.8. The third-order valence-electron chi connectivity index (χ3n) is 5.69. The van der Waals surface area contributed by atoms with Crippen molar-refractivity contribution in [2.75, 3.05) is 25.6 Å². The molecule has 1 saturated heterocycles. The number of rotatable bonds is 7. The molecule has 0 unspecified atom stereocenters. The summed E-state index contributed by atoms with van der Waals surface area (Å²) in [4.78, 5) is 14.2. The van der Waals surface area contributed by atoms with Gasteiger partial charge in [-0.3, -0.25) is 4.79 Å². The van der Waals surface area contributed by atoms with E-state index < -0.39 is 19.9 Å². The zero-order valence-electron chi connectivity index (χ0n) is 18.3. The van der Waals surface area contributed by atoms with Gasteiger partial charge in [0.15, 0.2) is 9.84 Å². The molecule has 1 aliphatic heterocycles. The second-order valence-electron chi connectivity index (χ2n) is 7.93. The molecule has 2 aromatic carbocycles. The van der Waals surface area contributed by atoms with E-state index in [1.807, 2.05) is 13.2 Å². The van der Waals surface area contributed by atoms with Crippen LogP contribution in [0.3, 0.4) is 0 Å². The van der Waals surface area contributed by atoms with Crippen LogP contribution in [0, 0.1) is 5.92 Å². The molecule has 1 heterocycles. The molecule has 1 aliphatic rings. The van der Waals surface area contributed by atoms with Gasteiger partial charge in [-0.25, -0.2) is 16.8 Å².